The molecule has 0 spiro atoms. The van der Waals surface area contributed by atoms with Gasteiger partial charge >= 0.3 is 5.69 Å². The van der Waals surface area contributed by atoms with E-state index in [2.05, 4.69) is 33.7 Å². The molecule has 5 rings (SSSR count). The Hall–Kier alpha value is -3.59. The van der Waals surface area contributed by atoms with Crippen LogP contribution in [0.5, 0.6) is 0 Å². The van der Waals surface area contributed by atoms with Crippen LogP contribution in [0.3, 0.4) is 0 Å². The maximum atomic E-state index is 13.5. The third-order valence-electron chi connectivity index (χ3n) is 6.92. The van der Waals surface area contributed by atoms with Gasteiger partial charge in [0.2, 0.25) is 0 Å². The number of aromatic amines is 1. The predicted octanol–water partition coefficient (Wildman–Crippen LogP) is 4.02. The first-order valence-electron chi connectivity index (χ1n) is 12.3. The molecule has 0 bridgehead atoms. The van der Waals surface area contributed by atoms with E-state index in [0.29, 0.717) is 12.4 Å². The van der Waals surface area contributed by atoms with Gasteiger partial charge in [-0.05, 0) is 54.2 Å². The van der Waals surface area contributed by atoms with Gasteiger partial charge in [0.05, 0.1) is 24.4 Å². The van der Waals surface area contributed by atoms with Crippen molar-refractivity contribution >= 4 is 0 Å². The van der Waals surface area contributed by atoms with Crippen LogP contribution >= 0.6 is 0 Å². The third-order valence-corrected chi connectivity index (χ3v) is 6.92. The van der Waals surface area contributed by atoms with Crippen LogP contribution in [-0.2, 0) is 17.7 Å². The molecule has 1 aromatic carbocycles. The monoisotopic (exact) mass is 473 g/mol. The van der Waals surface area contributed by atoms with E-state index in [0.717, 1.165) is 66.6 Å². The summed E-state index contributed by atoms with van der Waals surface area (Å²) < 4.78 is 9.50. The molecule has 2 unspecified atom stereocenters. The van der Waals surface area contributed by atoms with Crippen LogP contribution in [0.1, 0.15) is 56.3 Å². The number of pyridine rings is 1. The number of aromatic nitrogens is 7. The van der Waals surface area contributed by atoms with E-state index >= 15 is 0 Å². The van der Waals surface area contributed by atoms with Gasteiger partial charge in [0.1, 0.15) is 0 Å². The fraction of sp³-hybridized carbons (Fsp3) is 0.423. The molecule has 0 amide bonds. The molecule has 0 aliphatic heterocycles. The maximum Gasteiger partial charge on any atom is 0.329 e. The fourth-order valence-electron chi connectivity index (χ4n) is 5.06. The molecule has 1 aliphatic rings. The minimum absolute atomic E-state index is 0.0392. The number of nitrogens with one attached hydrogen (secondary N) is 1. The van der Waals surface area contributed by atoms with Crippen molar-refractivity contribution in [3.8, 4) is 22.6 Å². The molecule has 3 aromatic heterocycles. The van der Waals surface area contributed by atoms with Gasteiger partial charge in [0.25, 0.3) is 0 Å². The lowest BCUT2D eigenvalue weighted by Crippen LogP contribution is -2.32. The van der Waals surface area contributed by atoms with E-state index in [1.807, 2.05) is 51.7 Å². The molecule has 9 heteroatoms. The molecule has 1 saturated carbocycles. The molecule has 182 valence electrons. The number of benzene rings is 1. The number of imidazole rings is 1. The molecule has 4 aromatic rings. The lowest BCUT2D eigenvalue weighted by atomic mass is 10.0. The number of H-pyrrole nitrogens is 1. The molecule has 9 nitrogen and oxygen atoms in total. The van der Waals surface area contributed by atoms with Gasteiger partial charge in [-0.15, -0.1) is 5.10 Å². The van der Waals surface area contributed by atoms with Crippen molar-refractivity contribution in [2.24, 2.45) is 0 Å². The van der Waals surface area contributed by atoms with E-state index in [9.17, 15) is 4.79 Å². The molecule has 3 heterocycles. The second-order valence-corrected chi connectivity index (χ2v) is 9.12. The van der Waals surface area contributed by atoms with Gasteiger partial charge in [0, 0.05) is 36.3 Å². The third kappa shape index (κ3) is 4.68. The number of nitrogens with zero attached hydrogens (tertiary/aromatic N) is 6. The number of rotatable bonds is 9. The van der Waals surface area contributed by atoms with Crippen molar-refractivity contribution in [3.05, 3.63) is 70.5 Å². The molecule has 1 aliphatic carbocycles. The molecular weight excluding hydrogens is 442 g/mol. The summed E-state index contributed by atoms with van der Waals surface area (Å²) >= 11 is 0. The van der Waals surface area contributed by atoms with Gasteiger partial charge in [-0.3, -0.25) is 14.1 Å². The zero-order valence-corrected chi connectivity index (χ0v) is 20.2. The smallest absolute Gasteiger partial charge is 0.329 e. The summed E-state index contributed by atoms with van der Waals surface area (Å²) in [5.74, 6) is 0.598. The first-order chi connectivity index (χ1) is 17.2. The topological polar surface area (TPSA) is 104 Å². The summed E-state index contributed by atoms with van der Waals surface area (Å²) in [6.07, 6.45) is 10.1. The number of aryl methyl sites for hydroxylation is 1. The second-order valence-electron chi connectivity index (χ2n) is 9.12. The van der Waals surface area contributed by atoms with Crippen molar-refractivity contribution in [1.29, 1.82) is 0 Å². The molecule has 1 fully saturated rings. The minimum atomic E-state index is 0.0392. The van der Waals surface area contributed by atoms with E-state index in [1.54, 1.807) is 7.11 Å². The van der Waals surface area contributed by atoms with E-state index in [1.165, 1.54) is 0 Å². The number of hydrogen-bond donors (Lipinski definition) is 1. The predicted molar refractivity (Wildman–Crippen MR) is 133 cm³/mol. The fourth-order valence-corrected chi connectivity index (χ4v) is 5.06. The van der Waals surface area contributed by atoms with Crippen LogP contribution in [0, 0.1) is 0 Å². The number of unbranched alkanes of at least 4 members (excludes halogenated alkanes) is 1. The summed E-state index contributed by atoms with van der Waals surface area (Å²) in [5, 5.41) is 14.2. The van der Waals surface area contributed by atoms with E-state index < -0.39 is 0 Å². The minimum Gasteiger partial charge on any atom is -0.379 e. The van der Waals surface area contributed by atoms with Crippen molar-refractivity contribution < 1.29 is 4.74 Å². The summed E-state index contributed by atoms with van der Waals surface area (Å²) in [7, 11) is 1.74. The number of methoxy groups -OCH3 is 1. The average molecular weight is 474 g/mol. The summed E-state index contributed by atoms with van der Waals surface area (Å²) in [6.45, 7) is 2.67. The SMILES string of the molecule is CCCCc1cn(C2CCCC2OC)c(=O)n1Cc1ccc(-c2ccccc2-c2nnn[nH]2)nc1. The van der Waals surface area contributed by atoms with Crippen LogP contribution in [0.4, 0.5) is 0 Å². The standard InChI is InChI=1S/C26H31N7O2/c1-3-4-8-19-17-33(23-11-7-12-24(23)35-2)26(34)32(19)16-18-13-14-22(27-15-18)20-9-5-6-10-21(20)25-28-30-31-29-25/h5-6,9-10,13-15,17,23-24H,3-4,7-8,11-12,16H2,1-2H3,(H,28,29,30,31). The van der Waals surface area contributed by atoms with Gasteiger partial charge < -0.3 is 4.74 Å². The first-order valence-corrected chi connectivity index (χ1v) is 12.3. The van der Waals surface area contributed by atoms with Crippen molar-refractivity contribution in [2.75, 3.05) is 7.11 Å². The highest BCUT2D eigenvalue weighted by Crippen LogP contribution is 2.32. The molecule has 35 heavy (non-hydrogen) atoms. The highest BCUT2D eigenvalue weighted by molar-refractivity contribution is 5.78. The lowest BCUT2D eigenvalue weighted by molar-refractivity contribution is 0.0737. The Kier molecular flexibility index (Phi) is 6.85. The van der Waals surface area contributed by atoms with Gasteiger partial charge in [-0.1, -0.05) is 43.7 Å². The van der Waals surface area contributed by atoms with Crippen LogP contribution in [0.15, 0.2) is 53.6 Å². The molecule has 2 atom stereocenters. The highest BCUT2D eigenvalue weighted by Gasteiger charge is 2.31. The molecule has 0 radical (unpaired) electrons. The Morgan fingerprint density at radius 3 is 2.71 bits per heavy atom. The van der Waals surface area contributed by atoms with Crippen molar-refractivity contribution in [2.45, 2.75) is 64.1 Å². The zero-order valence-electron chi connectivity index (χ0n) is 20.2. The maximum absolute atomic E-state index is 13.5. The van der Waals surface area contributed by atoms with Crippen molar-refractivity contribution in [1.82, 2.24) is 34.7 Å². The number of hydrogen-bond acceptors (Lipinski definition) is 6. The van der Waals surface area contributed by atoms with Gasteiger partial charge in [-0.25, -0.2) is 9.89 Å². The van der Waals surface area contributed by atoms with Crippen LogP contribution in [0.2, 0.25) is 0 Å². The van der Waals surface area contributed by atoms with Gasteiger partial charge in [-0.2, -0.15) is 0 Å². The summed E-state index contributed by atoms with van der Waals surface area (Å²) in [5.41, 5.74) is 4.75. The van der Waals surface area contributed by atoms with E-state index in [-0.39, 0.29) is 17.8 Å². The van der Waals surface area contributed by atoms with Crippen LogP contribution in [0.25, 0.3) is 22.6 Å². The molecule has 0 saturated heterocycles. The van der Waals surface area contributed by atoms with Crippen LogP contribution < -0.4 is 5.69 Å². The van der Waals surface area contributed by atoms with E-state index in [4.69, 9.17) is 9.72 Å². The second kappa shape index (κ2) is 10.4. The zero-order chi connectivity index (χ0) is 24.2. The largest absolute Gasteiger partial charge is 0.379 e. The number of tetrazole rings is 1. The lowest BCUT2D eigenvalue weighted by Gasteiger charge is -2.18. The molecule has 1 N–H and O–H groups in total. The van der Waals surface area contributed by atoms with Crippen LogP contribution in [-0.4, -0.2) is 48.0 Å². The Morgan fingerprint density at radius 2 is 2.00 bits per heavy atom. The summed E-state index contributed by atoms with van der Waals surface area (Å²) in [4.78, 5) is 18.2. The average Bonchev–Trinajstić information content (AvgIpc) is 3.65. The highest BCUT2D eigenvalue weighted by atomic mass is 16.5. The van der Waals surface area contributed by atoms with Gasteiger partial charge in [0.15, 0.2) is 5.82 Å². The molecular formula is C26H31N7O2. The normalized spacial score (nSPS) is 17.8. The Balaban J connectivity index is 1.43. The quantitative estimate of drug-likeness (QED) is 0.394. The Morgan fingerprint density at radius 1 is 1.14 bits per heavy atom. The Labute approximate surface area is 204 Å². The first kappa shape index (κ1) is 23.2. The van der Waals surface area contributed by atoms with Crippen molar-refractivity contribution in [3.63, 3.8) is 0 Å². The number of ether oxygens (including phenoxy) is 1. The summed E-state index contributed by atoms with van der Waals surface area (Å²) in [6, 6.07) is 12.0. The Bertz CT molecular complexity index is 1310.